The van der Waals surface area contributed by atoms with Crippen molar-refractivity contribution in [3.63, 3.8) is 0 Å². The SMILES string of the molecule is Cc1cccc(N2CCN(C(=O)c3n[nH]c4c3CN(C(=O)OC(C)(C)C)CC4)CC2)c1. The maximum Gasteiger partial charge on any atom is 0.410 e. The summed E-state index contributed by atoms with van der Waals surface area (Å²) in [6, 6.07) is 8.44. The highest BCUT2D eigenvalue weighted by Gasteiger charge is 2.32. The normalized spacial score (nSPS) is 16.8. The summed E-state index contributed by atoms with van der Waals surface area (Å²) in [5.74, 6) is -0.0765. The van der Waals surface area contributed by atoms with Gasteiger partial charge >= 0.3 is 6.09 Å². The predicted molar refractivity (Wildman–Crippen MR) is 118 cm³/mol. The van der Waals surface area contributed by atoms with Crippen LogP contribution >= 0.6 is 0 Å². The summed E-state index contributed by atoms with van der Waals surface area (Å²) in [4.78, 5) is 31.5. The van der Waals surface area contributed by atoms with E-state index in [9.17, 15) is 9.59 Å². The Labute approximate surface area is 183 Å². The summed E-state index contributed by atoms with van der Waals surface area (Å²) in [6.45, 7) is 11.4. The van der Waals surface area contributed by atoms with E-state index in [0.29, 0.717) is 38.3 Å². The van der Waals surface area contributed by atoms with Gasteiger partial charge in [-0.15, -0.1) is 0 Å². The Hall–Kier alpha value is -3.03. The van der Waals surface area contributed by atoms with Gasteiger partial charge in [0.1, 0.15) is 5.60 Å². The number of H-pyrrole nitrogens is 1. The van der Waals surface area contributed by atoms with Gasteiger partial charge in [0.25, 0.3) is 5.91 Å². The minimum absolute atomic E-state index is 0.0765. The number of rotatable bonds is 2. The summed E-state index contributed by atoms with van der Waals surface area (Å²) < 4.78 is 5.50. The molecule has 8 heteroatoms. The first-order valence-electron chi connectivity index (χ1n) is 10.9. The van der Waals surface area contributed by atoms with Gasteiger partial charge in [0.2, 0.25) is 0 Å². The van der Waals surface area contributed by atoms with Crippen molar-refractivity contribution in [1.82, 2.24) is 20.0 Å². The molecule has 4 rings (SSSR count). The van der Waals surface area contributed by atoms with E-state index in [1.807, 2.05) is 25.7 Å². The van der Waals surface area contributed by atoms with E-state index in [0.717, 1.165) is 24.3 Å². The smallest absolute Gasteiger partial charge is 0.410 e. The van der Waals surface area contributed by atoms with Crippen LogP contribution in [-0.2, 0) is 17.7 Å². The molecule has 1 aromatic carbocycles. The van der Waals surface area contributed by atoms with E-state index in [1.165, 1.54) is 11.3 Å². The Kier molecular flexibility index (Phi) is 5.64. The Morgan fingerprint density at radius 3 is 2.48 bits per heavy atom. The summed E-state index contributed by atoms with van der Waals surface area (Å²) in [6.07, 6.45) is 0.278. The number of aromatic nitrogens is 2. The molecule has 0 radical (unpaired) electrons. The van der Waals surface area contributed by atoms with E-state index >= 15 is 0 Å². The molecule has 0 saturated carbocycles. The van der Waals surface area contributed by atoms with Crippen molar-refractivity contribution in [2.75, 3.05) is 37.6 Å². The molecule has 1 aromatic heterocycles. The highest BCUT2D eigenvalue weighted by atomic mass is 16.6. The molecular weight excluding hydrogens is 394 g/mol. The quantitative estimate of drug-likeness (QED) is 0.800. The summed E-state index contributed by atoms with van der Waals surface area (Å²) in [7, 11) is 0. The lowest BCUT2D eigenvalue weighted by Gasteiger charge is -2.36. The topological polar surface area (TPSA) is 81.8 Å². The Bertz CT molecular complexity index is 970. The van der Waals surface area contributed by atoms with Gasteiger partial charge in [-0.3, -0.25) is 9.89 Å². The van der Waals surface area contributed by atoms with Crippen LogP contribution in [0.25, 0.3) is 0 Å². The zero-order valence-corrected chi connectivity index (χ0v) is 18.8. The van der Waals surface area contributed by atoms with Gasteiger partial charge in [-0.1, -0.05) is 12.1 Å². The van der Waals surface area contributed by atoms with E-state index in [2.05, 4.69) is 46.3 Å². The fourth-order valence-corrected chi connectivity index (χ4v) is 4.10. The molecule has 0 atom stereocenters. The fourth-order valence-electron chi connectivity index (χ4n) is 4.10. The number of nitrogens with one attached hydrogen (secondary N) is 1. The number of carbonyl (C=O) groups is 2. The number of ether oxygens (including phenoxy) is 1. The predicted octanol–water partition coefficient (Wildman–Crippen LogP) is 2.97. The average molecular weight is 426 g/mol. The van der Waals surface area contributed by atoms with Crippen LogP contribution < -0.4 is 4.90 Å². The number of hydrogen-bond donors (Lipinski definition) is 1. The van der Waals surface area contributed by atoms with Crippen molar-refractivity contribution in [2.45, 2.75) is 46.3 Å². The standard InChI is InChI=1S/C23H31N5O3/c1-16-6-5-7-17(14-16)26-10-12-27(13-11-26)21(29)20-18-15-28(9-8-19(18)24-25-20)22(30)31-23(2,3)4/h5-7,14H,8-13,15H2,1-4H3,(H,24,25). The fraction of sp³-hybridized carbons (Fsp3) is 0.522. The molecule has 2 amide bonds. The molecule has 2 aliphatic heterocycles. The molecule has 1 fully saturated rings. The third-order valence-electron chi connectivity index (χ3n) is 5.72. The maximum atomic E-state index is 13.2. The average Bonchev–Trinajstić information content (AvgIpc) is 3.15. The van der Waals surface area contributed by atoms with Gasteiger partial charge in [-0.05, 0) is 45.4 Å². The van der Waals surface area contributed by atoms with Crippen molar-refractivity contribution in [3.8, 4) is 0 Å². The molecular formula is C23H31N5O3. The Morgan fingerprint density at radius 1 is 1.06 bits per heavy atom. The third kappa shape index (κ3) is 4.68. The zero-order chi connectivity index (χ0) is 22.2. The summed E-state index contributed by atoms with van der Waals surface area (Å²) >= 11 is 0. The van der Waals surface area contributed by atoms with Gasteiger partial charge in [-0.25, -0.2) is 4.79 Å². The van der Waals surface area contributed by atoms with Gasteiger partial charge in [-0.2, -0.15) is 5.10 Å². The Balaban J connectivity index is 1.42. The van der Waals surface area contributed by atoms with Crippen LogP contribution in [0.3, 0.4) is 0 Å². The second kappa shape index (κ2) is 8.24. The second-order valence-corrected chi connectivity index (χ2v) is 9.30. The molecule has 0 bridgehead atoms. The van der Waals surface area contributed by atoms with E-state index in [-0.39, 0.29) is 12.0 Å². The monoisotopic (exact) mass is 425 g/mol. The molecule has 0 spiro atoms. The van der Waals surface area contributed by atoms with Crippen molar-refractivity contribution in [1.29, 1.82) is 0 Å². The first-order valence-corrected chi connectivity index (χ1v) is 10.9. The number of amides is 2. The number of aromatic amines is 1. The number of nitrogens with zero attached hydrogens (tertiary/aromatic N) is 4. The van der Waals surface area contributed by atoms with Crippen molar-refractivity contribution in [3.05, 3.63) is 46.8 Å². The molecule has 166 valence electrons. The van der Waals surface area contributed by atoms with E-state index < -0.39 is 5.60 Å². The number of benzene rings is 1. The van der Waals surface area contributed by atoms with Gasteiger partial charge in [0.05, 0.1) is 6.54 Å². The van der Waals surface area contributed by atoms with Crippen molar-refractivity contribution >= 4 is 17.7 Å². The van der Waals surface area contributed by atoms with Gasteiger partial charge in [0.15, 0.2) is 5.69 Å². The minimum Gasteiger partial charge on any atom is -0.444 e. The van der Waals surface area contributed by atoms with Crippen LogP contribution in [0.2, 0.25) is 0 Å². The highest BCUT2D eigenvalue weighted by molar-refractivity contribution is 5.94. The van der Waals surface area contributed by atoms with Crippen LogP contribution in [0.15, 0.2) is 24.3 Å². The first kappa shape index (κ1) is 21.2. The molecule has 2 aromatic rings. The van der Waals surface area contributed by atoms with Gasteiger partial charge < -0.3 is 19.4 Å². The second-order valence-electron chi connectivity index (χ2n) is 9.30. The summed E-state index contributed by atoms with van der Waals surface area (Å²) in [5, 5.41) is 7.33. The lowest BCUT2D eigenvalue weighted by Crippen LogP contribution is -2.49. The van der Waals surface area contributed by atoms with Crippen LogP contribution in [0.1, 0.15) is 48.1 Å². The van der Waals surface area contributed by atoms with E-state index in [1.54, 1.807) is 4.90 Å². The molecule has 2 aliphatic rings. The minimum atomic E-state index is -0.552. The van der Waals surface area contributed by atoms with Crippen LogP contribution in [0, 0.1) is 6.92 Å². The summed E-state index contributed by atoms with van der Waals surface area (Å²) in [5.41, 5.74) is 4.03. The van der Waals surface area contributed by atoms with Crippen molar-refractivity contribution in [2.24, 2.45) is 0 Å². The van der Waals surface area contributed by atoms with Crippen LogP contribution in [0.4, 0.5) is 10.5 Å². The van der Waals surface area contributed by atoms with E-state index in [4.69, 9.17) is 4.74 Å². The number of fused-ring (bicyclic) bond motifs is 1. The molecule has 3 heterocycles. The molecule has 1 saturated heterocycles. The van der Waals surface area contributed by atoms with Crippen molar-refractivity contribution < 1.29 is 14.3 Å². The number of piperazine rings is 1. The molecule has 0 aliphatic carbocycles. The third-order valence-corrected chi connectivity index (χ3v) is 5.72. The molecule has 31 heavy (non-hydrogen) atoms. The molecule has 0 unspecified atom stereocenters. The number of anilines is 1. The highest BCUT2D eigenvalue weighted by Crippen LogP contribution is 2.24. The number of carbonyl (C=O) groups excluding carboxylic acids is 2. The first-order chi connectivity index (χ1) is 14.7. The molecule has 1 N–H and O–H groups in total. The lowest BCUT2D eigenvalue weighted by molar-refractivity contribution is 0.0222. The number of aryl methyl sites for hydroxylation is 1. The number of hydrogen-bond acceptors (Lipinski definition) is 5. The molecule has 8 nitrogen and oxygen atoms in total. The largest absolute Gasteiger partial charge is 0.444 e. The van der Waals surface area contributed by atoms with Crippen LogP contribution in [0.5, 0.6) is 0 Å². The lowest BCUT2D eigenvalue weighted by atomic mass is 10.0. The zero-order valence-electron chi connectivity index (χ0n) is 18.8. The van der Waals surface area contributed by atoms with Gasteiger partial charge in [0, 0.05) is 56.1 Å². The maximum absolute atomic E-state index is 13.2. The van der Waals surface area contributed by atoms with Crippen LogP contribution in [-0.4, -0.2) is 70.3 Å². The Morgan fingerprint density at radius 2 is 1.81 bits per heavy atom.